The van der Waals surface area contributed by atoms with Gasteiger partial charge in [-0.05, 0) is 49.4 Å². The van der Waals surface area contributed by atoms with Gasteiger partial charge in [-0.2, -0.15) is 0 Å². The molecule has 0 fully saturated rings. The maximum Gasteiger partial charge on any atom is 0.123 e. The summed E-state index contributed by atoms with van der Waals surface area (Å²) in [5.41, 5.74) is 2.87. The number of benzene rings is 1. The predicted octanol–water partition coefficient (Wildman–Crippen LogP) is 2.84. The first-order chi connectivity index (χ1) is 8.22. The van der Waals surface area contributed by atoms with E-state index in [-0.39, 0.29) is 11.9 Å². The number of nitrogens with one attached hydrogen (secondary N) is 1. The van der Waals surface area contributed by atoms with Gasteiger partial charge < -0.3 is 5.32 Å². The molecule has 0 aliphatic heterocycles. The first kappa shape index (κ1) is 11.7. The molecule has 1 heterocycles. The summed E-state index contributed by atoms with van der Waals surface area (Å²) in [4.78, 5) is 4.31. The van der Waals surface area contributed by atoms with Crippen molar-refractivity contribution in [1.29, 1.82) is 0 Å². The Bertz CT molecular complexity index is 497. The van der Waals surface area contributed by atoms with Crippen LogP contribution in [0.15, 0.2) is 42.6 Å². The van der Waals surface area contributed by atoms with Crippen LogP contribution in [0.3, 0.4) is 0 Å². The Kier molecular flexibility index (Phi) is 3.49. The third-order valence-electron chi connectivity index (χ3n) is 2.82. The lowest BCUT2D eigenvalue weighted by Crippen LogP contribution is -2.19. The number of halogens is 1. The Labute approximate surface area is 101 Å². The Morgan fingerprint density at radius 2 is 2.06 bits per heavy atom. The number of pyridine rings is 1. The molecule has 1 unspecified atom stereocenters. The minimum atomic E-state index is -0.221. The molecule has 0 spiro atoms. The van der Waals surface area contributed by atoms with Gasteiger partial charge in [0.1, 0.15) is 5.82 Å². The first-order valence-electron chi connectivity index (χ1n) is 5.56. The number of aryl methyl sites for hydroxylation is 1. The summed E-state index contributed by atoms with van der Waals surface area (Å²) in [6, 6.07) is 10.5. The molecule has 0 aliphatic carbocycles. The van der Waals surface area contributed by atoms with Crippen LogP contribution in [0.5, 0.6) is 0 Å². The molecule has 2 rings (SSSR count). The molecule has 0 aliphatic rings. The van der Waals surface area contributed by atoms with E-state index in [0.717, 1.165) is 16.8 Å². The highest BCUT2D eigenvalue weighted by Gasteiger charge is 2.15. The van der Waals surface area contributed by atoms with Crippen LogP contribution in [0.25, 0.3) is 0 Å². The van der Waals surface area contributed by atoms with Gasteiger partial charge in [0.2, 0.25) is 0 Å². The van der Waals surface area contributed by atoms with E-state index < -0.39 is 0 Å². The van der Waals surface area contributed by atoms with Gasteiger partial charge in [-0.15, -0.1) is 0 Å². The Morgan fingerprint density at radius 1 is 1.24 bits per heavy atom. The minimum absolute atomic E-state index is 0.0769. The van der Waals surface area contributed by atoms with E-state index in [1.165, 1.54) is 6.07 Å². The molecule has 0 saturated heterocycles. The largest absolute Gasteiger partial charge is 0.308 e. The SMILES string of the molecule is CNC(c1ccccn1)c1cc(F)ccc1C. The summed E-state index contributed by atoms with van der Waals surface area (Å²) >= 11 is 0. The molecule has 3 heteroatoms. The van der Waals surface area contributed by atoms with Crippen molar-refractivity contribution in [1.82, 2.24) is 10.3 Å². The second kappa shape index (κ2) is 5.06. The maximum absolute atomic E-state index is 13.3. The zero-order chi connectivity index (χ0) is 12.3. The summed E-state index contributed by atoms with van der Waals surface area (Å²) in [5, 5.41) is 3.17. The molecule has 0 radical (unpaired) electrons. The lowest BCUT2D eigenvalue weighted by molar-refractivity contribution is 0.612. The highest BCUT2D eigenvalue weighted by atomic mass is 19.1. The first-order valence-corrected chi connectivity index (χ1v) is 5.56. The summed E-state index contributed by atoms with van der Waals surface area (Å²) in [7, 11) is 1.85. The third kappa shape index (κ3) is 2.50. The van der Waals surface area contributed by atoms with Crippen LogP contribution in [0.1, 0.15) is 22.9 Å². The minimum Gasteiger partial charge on any atom is -0.308 e. The molecule has 1 atom stereocenters. The Morgan fingerprint density at radius 3 is 2.71 bits per heavy atom. The normalized spacial score (nSPS) is 12.4. The van der Waals surface area contributed by atoms with Crippen LogP contribution in [0.2, 0.25) is 0 Å². The second-order valence-corrected chi connectivity index (χ2v) is 3.98. The molecule has 0 saturated carbocycles. The van der Waals surface area contributed by atoms with Crippen LogP contribution in [-0.2, 0) is 0 Å². The van der Waals surface area contributed by atoms with Crippen molar-refractivity contribution in [3.05, 3.63) is 65.2 Å². The quantitative estimate of drug-likeness (QED) is 0.877. The van der Waals surface area contributed by atoms with Crippen molar-refractivity contribution < 1.29 is 4.39 Å². The van der Waals surface area contributed by atoms with Crippen molar-refractivity contribution in [3.63, 3.8) is 0 Å². The van der Waals surface area contributed by atoms with Crippen LogP contribution in [0.4, 0.5) is 4.39 Å². The van der Waals surface area contributed by atoms with Crippen molar-refractivity contribution in [3.8, 4) is 0 Å². The predicted molar refractivity (Wildman–Crippen MR) is 66.3 cm³/mol. The standard InChI is InChI=1S/C14H15FN2/c1-10-6-7-11(15)9-12(10)14(16-2)13-5-3-4-8-17-13/h3-9,14,16H,1-2H3. The van der Waals surface area contributed by atoms with Gasteiger partial charge in [0.15, 0.2) is 0 Å². The second-order valence-electron chi connectivity index (χ2n) is 3.98. The van der Waals surface area contributed by atoms with E-state index in [9.17, 15) is 4.39 Å². The Hall–Kier alpha value is -1.74. The monoisotopic (exact) mass is 230 g/mol. The van der Waals surface area contributed by atoms with Crippen LogP contribution in [0, 0.1) is 12.7 Å². The van der Waals surface area contributed by atoms with Crippen molar-refractivity contribution >= 4 is 0 Å². The highest BCUT2D eigenvalue weighted by molar-refractivity contribution is 5.34. The van der Waals surface area contributed by atoms with E-state index in [4.69, 9.17) is 0 Å². The van der Waals surface area contributed by atoms with E-state index >= 15 is 0 Å². The van der Waals surface area contributed by atoms with E-state index in [1.807, 2.05) is 32.2 Å². The lowest BCUT2D eigenvalue weighted by atomic mass is 9.98. The number of nitrogens with zero attached hydrogens (tertiary/aromatic N) is 1. The molecule has 1 aromatic carbocycles. The average Bonchev–Trinajstić information content (AvgIpc) is 2.36. The zero-order valence-corrected chi connectivity index (χ0v) is 9.94. The smallest absolute Gasteiger partial charge is 0.123 e. The molecule has 0 bridgehead atoms. The van der Waals surface area contributed by atoms with E-state index in [1.54, 1.807) is 18.3 Å². The van der Waals surface area contributed by atoms with Crippen LogP contribution < -0.4 is 5.32 Å². The third-order valence-corrected chi connectivity index (χ3v) is 2.82. The van der Waals surface area contributed by atoms with Crippen LogP contribution >= 0.6 is 0 Å². The number of aromatic nitrogens is 1. The van der Waals surface area contributed by atoms with Crippen molar-refractivity contribution in [2.45, 2.75) is 13.0 Å². The number of rotatable bonds is 3. The summed E-state index contributed by atoms with van der Waals surface area (Å²) in [6.45, 7) is 1.97. The van der Waals surface area contributed by atoms with Gasteiger partial charge in [0.25, 0.3) is 0 Å². The fraction of sp³-hybridized carbons (Fsp3) is 0.214. The molecular weight excluding hydrogens is 215 g/mol. The van der Waals surface area contributed by atoms with Crippen molar-refractivity contribution in [2.24, 2.45) is 0 Å². The summed E-state index contributed by atoms with van der Waals surface area (Å²) in [5.74, 6) is -0.221. The molecule has 17 heavy (non-hydrogen) atoms. The van der Waals surface area contributed by atoms with Crippen LogP contribution in [-0.4, -0.2) is 12.0 Å². The molecule has 2 aromatic rings. The number of hydrogen-bond donors (Lipinski definition) is 1. The molecule has 1 N–H and O–H groups in total. The van der Waals surface area contributed by atoms with Gasteiger partial charge in [-0.1, -0.05) is 12.1 Å². The molecule has 1 aromatic heterocycles. The fourth-order valence-electron chi connectivity index (χ4n) is 1.93. The fourth-order valence-corrected chi connectivity index (χ4v) is 1.93. The molecule has 88 valence electrons. The lowest BCUT2D eigenvalue weighted by Gasteiger charge is -2.18. The van der Waals surface area contributed by atoms with E-state index in [0.29, 0.717) is 0 Å². The summed E-state index contributed by atoms with van der Waals surface area (Å²) in [6.07, 6.45) is 1.74. The highest BCUT2D eigenvalue weighted by Crippen LogP contribution is 2.23. The van der Waals surface area contributed by atoms with Gasteiger partial charge >= 0.3 is 0 Å². The molecule has 2 nitrogen and oxygen atoms in total. The zero-order valence-electron chi connectivity index (χ0n) is 9.94. The Balaban J connectivity index is 2.46. The topological polar surface area (TPSA) is 24.9 Å². The van der Waals surface area contributed by atoms with Gasteiger partial charge in [0.05, 0.1) is 11.7 Å². The van der Waals surface area contributed by atoms with Crippen molar-refractivity contribution in [2.75, 3.05) is 7.05 Å². The molecular formula is C14H15FN2. The molecule has 0 amide bonds. The van der Waals surface area contributed by atoms with E-state index in [2.05, 4.69) is 10.3 Å². The van der Waals surface area contributed by atoms with Gasteiger partial charge in [-0.25, -0.2) is 4.39 Å². The summed E-state index contributed by atoms with van der Waals surface area (Å²) < 4.78 is 13.3. The average molecular weight is 230 g/mol. The number of hydrogen-bond acceptors (Lipinski definition) is 2. The van der Waals surface area contributed by atoms with Gasteiger partial charge in [0, 0.05) is 6.20 Å². The maximum atomic E-state index is 13.3. The van der Waals surface area contributed by atoms with Gasteiger partial charge in [-0.3, -0.25) is 4.98 Å².